The molecule has 0 saturated carbocycles. The molecular weight excluding hydrogens is 392 g/mol. The summed E-state index contributed by atoms with van der Waals surface area (Å²) < 4.78 is 6.17. The number of para-hydroxylation sites is 1. The SMILES string of the molecule is CSc1nnc2c(n1)O[C@H](c1ccc(C(=O)O)cc1)N(C(C)=O)c1ccccc1-2. The molecule has 4 rings (SSSR count). The number of aromatic nitrogens is 3. The number of hydrogen-bond acceptors (Lipinski definition) is 7. The van der Waals surface area contributed by atoms with Gasteiger partial charge in [-0.05, 0) is 24.5 Å². The first-order chi connectivity index (χ1) is 14.0. The van der Waals surface area contributed by atoms with Crippen LogP contribution in [0.3, 0.4) is 0 Å². The molecule has 29 heavy (non-hydrogen) atoms. The number of thioether (sulfide) groups is 1. The Morgan fingerprint density at radius 3 is 2.48 bits per heavy atom. The number of carboxylic acids is 1. The second-order valence-corrected chi connectivity index (χ2v) is 7.03. The normalized spacial score (nSPS) is 15.0. The van der Waals surface area contributed by atoms with Crippen LogP contribution < -0.4 is 9.64 Å². The molecule has 0 unspecified atom stereocenters. The number of carbonyl (C=O) groups excluding carboxylic acids is 1. The smallest absolute Gasteiger partial charge is 0.335 e. The molecule has 2 heterocycles. The van der Waals surface area contributed by atoms with Crippen molar-refractivity contribution in [1.82, 2.24) is 15.2 Å². The molecule has 3 aromatic rings. The number of benzene rings is 2. The topological polar surface area (TPSA) is 106 Å². The molecule has 1 aromatic heterocycles. The number of anilines is 1. The molecule has 0 radical (unpaired) electrons. The fourth-order valence-corrected chi connectivity index (χ4v) is 3.44. The van der Waals surface area contributed by atoms with Gasteiger partial charge in [-0.1, -0.05) is 42.1 Å². The average molecular weight is 408 g/mol. The second kappa shape index (κ2) is 7.51. The third kappa shape index (κ3) is 3.40. The molecule has 9 heteroatoms. The largest absolute Gasteiger partial charge is 0.478 e. The number of nitrogens with zero attached hydrogens (tertiary/aromatic N) is 4. The Labute approximate surface area is 170 Å². The molecule has 1 amide bonds. The standard InChI is InChI=1S/C20H16N4O4S/c1-11(25)24-15-6-4-3-5-14(15)16-17(21-20(29-2)23-22-16)28-18(24)12-7-9-13(10-8-12)19(26)27/h3-10,18H,1-2H3,(H,26,27)/t18-/m1/s1. The van der Waals surface area contributed by atoms with E-state index in [0.717, 1.165) is 0 Å². The molecule has 2 aromatic carbocycles. The number of rotatable bonds is 3. The summed E-state index contributed by atoms with van der Waals surface area (Å²) in [5.41, 5.74) is 2.48. The number of aromatic carboxylic acids is 1. The molecule has 0 bridgehead atoms. The molecular formula is C20H16N4O4S. The Morgan fingerprint density at radius 1 is 1.10 bits per heavy atom. The van der Waals surface area contributed by atoms with Crippen LogP contribution in [0.1, 0.15) is 29.1 Å². The minimum absolute atomic E-state index is 0.145. The zero-order valence-corrected chi connectivity index (χ0v) is 16.4. The van der Waals surface area contributed by atoms with Gasteiger partial charge in [0, 0.05) is 18.1 Å². The molecule has 1 aliphatic rings. The first kappa shape index (κ1) is 18.9. The number of carbonyl (C=O) groups is 2. The van der Waals surface area contributed by atoms with Crippen molar-refractivity contribution in [2.24, 2.45) is 0 Å². The summed E-state index contributed by atoms with van der Waals surface area (Å²) in [6.07, 6.45) is 0.988. The van der Waals surface area contributed by atoms with Crippen LogP contribution in [-0.2, 0) is 4.79 Å². The zero-order valence-electron chi connectivity index (χ0n) is 15.6. The van der Waals surface area contributed by atoms with E-state index in [1.165, 1.54) is 35.7 Å². The van der Waals surface area contributed by atoms with Crippen LogP contribution in [0.2, 0.25) is 0 Å². The summed E-state index contributed by atoms with van der Waals surface area (Å²) in [4.78, 5) is 29.8. The van der Waals surface area contributed by atoms with Gasteiger partial charge in [0.1, 0.15) is 0 Å². The molecule has 146 valence electrons. The molecule has 1 N–H and O–H groups in total. The molecule has 0 saturated heterocycles. The fourth-order valence-electron chi connectivity index (χ4n) is 3.15. The van der Waals surface area contributed by atoms with Crippen LogP contribution in [0, 0.1) is 0 Å². The van der Waals surface area contributed by atoms with E-state index in [1.807, 2.05) is 24.5 Å². The van der Waals surface area contributed by atoms with Crippen LogP contribution >= 0.6 is 11.8 Å². The summed E-state index contributed by atoms with van der Waals surface area (Å²) in [5, 5.41) is 18.0. The van der Waals surface area contributed by atoms with Crippen molar-refractivity contribution in [3.63, 3.8) is 0 Å². The Hall–Kier alpha value is -3.46. The monoisotopic (exact) mass is 408 g/mol. The molecule has 8 nitrogen and oxygen atoms in total. The maximum Gasteiger partial charge on any atom is 0.335 e. The quantitative estimate of drug-likeness (QED) is 0.658. The highest BCUT2D eigenvalue weighted by atomic mass is 32.2. The van der Waals surface area contributed by atoms with E-state index in [0.29, 0.717) is 27.7 Å². The lowest BCUT2D eigenvalue weighted by Gasteiger charge is -2.29. The van der Waals surface area contributed by atoms with Gasteiger partial charge in [0.05, 0.1) is 11.3 Å². The van der Waals surface area contributed by atoms with Gasteiger partial charge < -0.3 is 9.84 Å². The Balaban J connectivity index is 1.92. The van der Waals surface area contributed by atoms with Gasteiger partial charge >= 0.3 is 5.97 Å². The highest BCUT2D eigenvalue weighted by molar-refractivity contribution is 7.98. The maximum atomic E-state index is 12.6. The Bertz CT molecular complexity index is 1100. The maximum absolute atomic E-state index is 12.6. The third-order valence-electron chi connectivity index (χ3n) is 4.48. The third-order valence-corrected chi connectivity index (χ3v) is 5.01. The summed E-state index contributed by atoms with van der Waals surface area (Å²) in [6.45, 7) is 1.45. The predicted octanol–water partition coefficient (Wildman–Crippen LogP) is 3.40. The highest BCUT2D eigenvalue weighted by Crippen LogP contribution is 2.43. The minimum Gasteiger partial charge on any atom is -0.478 e. The fraction of sp³-hybridized carbons (Fsp3) is 0.150. The van der Waals surface area contributed by atoms with Gasteiger partial charge in [-0.25, -0.2) is 4.79 Å². The van der Waals surface area contributed by atoms with Crippen molar-refractivity contribution in [1.29, 1.82) is 0 Å². The van der Waals surface area contributed by atoms with Crippen LogP contribution in [0.15, 0.2) is 53.7 Å². The van der Waals surface area contributed by atoms with Gasteiger partial charge in [-0.3, -0.25) is 9.69 Å². The lowest BCUT2D eigenvalue weighted by Crippen LogP contribution is -2.36. The summed E-state index contributed by atoms with van der Waals surface area (Å²) in [6, 6.07) is 13.5. The lowest BCUT2D eigenvalue weighted by atomic mass is 10.1. The molecule has 0 aliphatic carbocycles. The number of amides is 1. The van der Waals surface area contributed by atoms with Crippen LogP contribution in [-0.4, -0.2) is 38.4 Å². The van der Waals surface area contributed by atoms with E-state index < -0.39 is 12.2 Å². The predicted molar refractivity (Wildman–Crippen MR) is 107 cm³/mol. The van der Waals surface area contributed by atoms with Crippen molar-refractivity contribution in [2.75, 3.05) is 11.2 Å². The van der Waals surface area contributed by atoms with Crippen molar-refractivity contribution in [3.05, 3.63) is 59.7 Å². The Morgan fingerprint density at radius 2 is 1.83 bits per heavy atom. The Kier molecular flexibility index (Phi) is 4.89. The number of hydrogen-bond donors (Lipinski definition) is 1. The first-order valence-electron chi connectivity index (χ1n) is 8.67. The van der Waals surface area contributed by atoms with Gasteiger partial charge in [-0.15, -0.1) is 10.2 Å². The van der Waals surface area contributed by atoms with Crippen molar-refractivity contribution in [3.8, 4) is 17.1 Å². The molecule has 0 spiro atoms. The molecule has 0 fully saturated rings. The van der Waals surface area contributed by atoms with E-state index in [4.69, 9.17) is 9.84 Å². The number of fused-ring (bicyclic) bond motifs is 3. The highest BCUT2D eigenvalue weighted by Gasteiger charge is 2.34. The van der Waals surface area contributed by atoms with Crippen molar-refractivity contribution >= 4 is 29.3 Å². The van der Waals surface area contributed by atoms with Gasteiger partial charge in [-0.2, -0.15) is 4.98 Å². The van der Waals surface area contributed by atoms with Crippen LogP contribution in [0.25, 0.3) is 11.3 Å². The number of ether oxygens (including phenoxy) is 1. The van der Waals surface area contributed by atoms with E-state index >= 15 is 0 Å². The second-order valence-electron chi connectivity index (χ2n) is 6.26. The zero-order chi connectivity index (χ0) is 20.5. The summed E-state index contributed by atoms with van der Waals surface area (Å²) in [5.74, 6) is -1.01. The summed E-state index contributed by atoms with van der Waals surface area (Å²) >= 11 is 1.33. The first-order valence-corrected chi connectivity index (χ1v) is 9.90. The average Bonchev–Trinajstić information content (AvgIpc) is 2.87. The van der Waals surface area contributed by atoms with E-state index in [2.05, 4.69) is 15.2 Å². The van der Waals surface area contributed by atoms with Gasteiger partial charge in [0.25, 0.3) is 0 Å². The van der Waals surface area contributed by atoms with Gasteiger partial charge in [0.15, 0.2) is 5.69 Å². The molecule has 1 aliphatic heterocycles. The minimum atomic E-state index is -1.03. The van der Waals surface area contributed by atoms with E-state index in [-0.39, 0.29) is 17.4 Å². The van der Waals surface area contributed by atoms with Crippen LogP contribution in [0.4, 0.5) is 5.69 Å². The van der Waals surface area contributed by atoms with Crippen molar-refractivity contribution < 1.29 is 19.4 Å². The summed E-state index contributed by atoms with van der Waals surface area (Å²) in [7, 11) is 0. The lowest BCUT2D eigenvalue weighted by molar-refractivity contribution is -0.118. The van der Waals surface area contributed by atoms with E-state index in [9.17, 15) is 9.59 Å². The molecule has 1 atom stereocenters. The van der Waals surface area contributed by atoms with Crippen molar-refractivity contribution in [2.45, 2.75) is 18.3 Å². The number of carboxylic acid groups (broad SMARTS) is 1. The van der Waals surface area contributed by atoms with E-state index in [1.54, 1.807) is 18.2 Å². The van der Waals surface area contributed by atoms with Crippen LogP contribution in [0.5, 0.6) is 5.88 Å². The van der Waals surface area contributed by atoms with Gasteiger partial charge in [0.2, 0.25) is 23.2 Å².